The highest BCUT2D eigenvalue weighted by Crippen LogP contribution is 2.35. The number of fused-ring (bicyclic) bond motifs is 1. The van der Waals surface area contributed by atoms with Crippen LogP contribution >= 0.6 is 0 Å². The summed E-state index contributed by atoms with van der Waals surface area (Å²) in [6.45, 7) is 3.56. The molecule has 1 saturated heterocycles. The summed E-state index contributed by atoms with van der Waals surface area (Å²) in [5, 5.41) is 11.1. The van der Waals surface area contributed by atoms with E-state index in [1.807, 2.05) is 0 Å². The predicted octanol–water partition coefficient (Wildman–Crippen LogP) is 2.17. The number of aryl methyl sites for hydroxylation is 1. The van der Waals surface area contributed by atoms with Gasteiger partial charge in [0, 0.05) is 30.3 Å². The molecule has 30 heavy (non-hydrogen) atoms. The van der Waals surface area contributed by atoms with E-state index in [-0.39, 0.29) is 24.0 Å². The topological polar surface area (TPSA) is 102 Å². The maximum atomic E-state index is 13.3. The van der Waals surface area contributed by atoms with Crippen molar-refractivity contribution in [3.8, 4) is 5.75 Å². The van der Waals surface area contributed by atoms with E-state index in [1.54, 1.807) is 36.1 Å². The first-order valence-electron chi connectivity index (χ1n) is 9.65. The van der Waals surface area contributed by atoms with Gasteiger partial charge in [-0.05, 0) is 31.2 Å². The number of carbonyl (C=O) groups excluding carboxylic acids is 2. The summed E-state index contributed by atoms with van der Waals surface area (Å²) in [6, 6.07) is 11.3. The minimum absolute atomic E-state index is 0.0469. The van der Waals surface area contributed by atoms with Crippen LogP contribution in [0.5, 0.6) is 5.75 Å². The lowest BCUT2D eigenvalue weighted by Crippen LogP contribution is -2.54. The van der Waals surface area contributed by atoms with Gasteiger partial charge in [-0.1, -0.05) is 12.1 Å². The van der Waals surface area contributed by atoms with Gasteiger partial charge in [0.05, 0.1) is 30.4 Å². The molecule has 4 rings (SSSR count). The van der Waals surface area contributed by atoms with Gasteiger partial charge >= 0.3 is 0 Å². The van der Waals surface area contributed by atoms with Crippen LogP contribution in [-0.4, -0.2) is 60.6 Å². The molecule has 0 radical (unpaired) electrons. The van der Waals surface area contributed by atoms with Crippen LogP contribution in [0.1, 0.15) is 15.9 Å². The van der Waals surface area contributed by atoms with Gasteiger partial charge in [-0.25, -0.2) is 0 Å². The molecule has 156 valence electrons. The van der Waals surface area contributed by atoms with Crippen molar-refractivity contribution in [2.75, 3.05) is 37.7 Å². The Morgan fingerprint density at radius 2 is 1.87 bits per heavy atom. The average Bonchev–Trinajstić information content (AvgIpc) is 2.77. The van der Waals surface area contributed by atoms with E-state index in [2.05, 4.69) is 0 Å². The number of nitro groups is 1. The molecule has 0 N–H and O–H groups in total. The maximum Gasteiger partial charge on any atom is 0.272 e. The summed E-state index contributed by atoms with van der Waals surface area (Å²) in [5.74, 6) is -0.0867. The van der Waals surface area contributed by atoms with Crippen LogP contribution in [0.2, 0.25) is 0 Å². The van der Waals surface area contributed by atoms with Crippen LogP contribution in [0, 0.1) is 17.0 Å². The third-order valence-electron chi connectivity index (χ3n) is 5.26. The van der Waals surface area contributed by atoms with Crippen LogP contribution < -0.4 is 9.64 Å². The summed E-state index contributed by atoms with van der Waals surface area (Å²) < 4.78 is 11.2. The van der Waals surface area contributed by atoms with Gasteiger partial charge in [0.2, 0.25) is 0 Å². The van der Waals surface area contributed by atoms with Crippen LogP contribution in [0.25, 0.3) is 0 Å². The Hall–Kier alpha value is -3.46. The number of amides is 2. The van der Waals surface area contributed by atoms with Crippen LogP contribution in [0.15, 0.2) is 42.5 Å². The molecule has 2 heterocycles. The number of benzene rings is 2. The average molecular weight is 411 g/mol. The van der Waals surface area contributed by atoms with E-state index >= 15 is 0 Å². The van der Waals surface area contributed by atoms with Crippen molar-refractivity contribution in [1.29, 1.82) is 0 Å². The molecule has 1 fully saturated rings. The summed E-state index contributed by atoms with van der Waals surface area (Å²) in [5.41, 5.74) is 1.22. The van der Waals surface area contributed by atoms with Gasteiger partial charge in [-0.15, -0.1) is 0 Å². The maximum absolute atomic E-state index is 13.3. The molecule has 2 aromatic carbocycles. The molecular weight excluding hydrogens is 390 g/mol. The Kier molecular flexibility index (Phi) is 5.37. The first-order valence-corrected chi connectivity index (χ1v) is 9.65. The highest BCUT2D eigenvalue weighted by Gasteiger charge is 2.36. The van der Waals surface area contributed by atoms with Crippen molar-refractivity contribution in [3.05, 3.63) is 63.7 Å². The number of anilines is 1. The van der Waals surface area contributed by atoms with E-state index in [0.717, 1.165) is 0 Å². The molecule has 1 atom stereocenters. The zero-order chi connectivity index (χ0) is 21.3. The summed E-state index contributed by atoms with van der Waals surface area (Å²) in [6.07, 6.45) is -0.832. The van der Waals surface area contributed by atoms with E-state index in [4.69, 9.17) is 9.47 Å². The number of ether oxygens (including phenoxy) is 2. The normalized spacial score (nSPS) is 18.4. The van der Waals surface area contributed by atoms with Gasteiger partial charge in [0.15, 0.2) is 6.10 Å². The Labute approximate surface area is 172 Å². The fraction of sp³-hybridized carbons (Fsp3) is 0.333. The predicted molar refractivity (Wildman–Crippen MR) is 108 cm³/mol. The minimum Gasteiger partial charge on any atom is -0.476 e. The smallest absolute Gasteiger partial charge is 0.272 e. The molecule has 0 bridgehead atoms. The minimum atomic E-state index is -0.832. The van der Waals surface area contributed by atoms with Gasteiger partial charge in [0.1, 0.15) is 5.75 Å². The molecule has 0 spiro atoms. The molecule has 9 heteroatoms. The molecule has 2 amide bonds. The number of rotatable bonds is 3. The number of hydrogen-bond donors (Lipinski definition) is 0. The monoisotopic (exact) mass is 411 g/mol. The Bertz CT molecular complexity index is 1000. The number of nitro benzene ring substituents is 1. The first-order chi connectivity index (χ1) is 14.5. The van der Waals surface area contributed by atoms with Crippen LogP contribution in [0.4, 0.5) is 11.4 Å². The highest BCUT2D eigenvalue weighted by atomic mass is 16.6. The van der Waals surface area contributed by atoms with Gasteiger partial charge < -0.3 is 19.3 Å². The van der Waals surface area contributed by atoms with Crippen LogP contribution in [-0.2, 0) is 9.53 Å². The number of carbonyl (C=O) groups is 2. The van der Waals surface area contributed by atoms with Crippen molar-refractivity contribution >= 4 is 23.2 Å². The Morgan fingerprint density at radius 1 is 1.13 bits per heavy atom. The van der Waals surface area contributed by atoms with Crippen molar-refractivity contribution in [2.24, 2.45) is 0 Å². The molecule has 2 aromatic rings. The molecule has 0 aromatic heterocycles. The lowest BCUT2D eigenvalue weighted by atomic mass is 10.1. The third kappa shape index (κ3) is 3.71. The molecular formula is C21H21N3O6. The summed E-state index contributed by atoms with van der Waals surface area (Å²) in [7, 11) is 0. The van der Waals surface area contributed by atoms with Crippen molar-refractivity contribution in [1.82, 2.24) is 4.90 Å². The fourth-order valence-electron chi connectivity index (χ4n) is 3.69. The van der Waals surface area contributed by atoms with Crippen molar-refractivity contribution in [3.63, 3.8) is 0 Å². The van der Waals surface area contributed by atoms with Gasteiger partial charge in [-0.2, -0.15) is 0 Å². The van der Waals surface area contributed by atoms with Gasteiger partial charge in [-0.3, -0.25) is 19.7 Å². The third-order valence-corrected chi connectivity index (χ3v) is 5.26. The fourth-order valence-corrected chi connectivity index (χ4v) is 3.69. The van der Waals surface area contributed by atoms with Crippen LogP contribution in [0.3, 0.4) is 0 Å². The molecule has 0 saturated carbocycles. The number of para-hydroxylation sites is 2. The standard InChI is InChI=1S/C21H21N3O6/c1-14-12-15(6-7-16(14)24(27)28)20(25)23-13-19(21(26)22-8-10-29-11-9-22)30-18-5-3-2-4-17(18)23/h2-7,12,19H,8-11,13H2,1H3/t19-/m1/s1. The van der Waals surface area contributed by atoms with Gasteiger partial charge in [0.25, 0.3) is 17.5 Å². The Balaban J connectivity index is 1.64. The number of hydrogen-bond acceptors (Lipinski definition) is 6. The zero-order valence-electron chi connectivity index (χ0n) is 16.4. The summed E-state index contributed by atoms with van der Waals surface area (Å²) in [4.78, 5) is 40.1. The lowest BCUT2D eigenvalue weighted by Gasteiger charge is -2.37. The van der Waals surface area contributed by atoms with Crippen molar-refractivity contribution in [2.45, 2.75) is 13.0 Å². The number of nitrogens with zero attached hydrogens (tertiary/aromatic N) is 3. The largest absolute Gasteiger partial charge is 0.476 e. The second-order valence-electron chi connectivity index (χ2n) is 7.19. The molecule has 0 unspecified atom stereocenters. The second-order valence-corrected chi connectivity index (χ2v) is 7.19. The lowest BCUT2D eigenvalue weighted by molar-refractivity contribution is -0.385. The molecule has 2 aliphatic rings. The zero-order valence-corrected chi connectivity index (χ0v) is 16.4. The van der Waals surface area contributed by atoms with E-state index < -0.39 is 11.0 Å². The molecule has 0 aliphatic carbocycles. The molecule has 9 nitrogen and oxygen atoms in total. The van der Waals surface area contributed by atoms with E-state index in [1.165, 1.54) is 23.1 Å². The van der Waals surface area contributed by atoms with Crippen molar-refractivity contribution < 1.29 is 24.0 Å². The summed E-state index contributed by atoms with van der Waals surface area (Å²) >= 11 is 0. The van der Waals surface area contributed by atoms with E-state index in [0.29, 0.717) is 48.9 Å². The number of morpholine rings is 1. The molecule has 2 aliphatic heterocycles. The second kappa shape index (κ2) is 8.11. The highest BCUT2D eigenvalue weighted by molar-refractivity contribution is 6.08. The van der Waals surface area contributed by atoms with E-state index in [9.17, 15) is 19.7 Å². The quantitative estimate of drug-likeness (QED) is 0.567. The SMILES string of the molecule is Cc1cc(C(=O)N2C[C@H](C(=O)N3CCOCC3)Oc3ccccc32)ccc1[N+](=O)[O-]. The Morgan fingerprint density at radius 3 is 2.57 bits per heavy atom. The first kappa shape index (κ1) is 19.8.